The zero-order valence-corrected chi connectivity index (χ0v) is 16.1. The molecule has 4 rings (SSSR count). The minimum atomic E-state index is -0.143. The Balaban J connectivity index is 1.38. The fourth-order valence-electron chi connectivity index (χ4n) is 3.78. The normalized spacial score (nSPS) is 19.3. The Hall–Kier alpha value is -2.68. The summed E-state index contributed by atoms with van der Waals surface area (Å²) in [7, 11) is 0. The first-order valence-corrected chi connectivity index (χ1v) is 9.89. The van der Waals surface area contributed by atoms with E-state index in [2.05, 4.69) is 20.4 Å². The number of nitrogens with zero attached hydrogens (tertiary/aromatic N) is 4. The Morgan fingerprint density at radius 2 is 2.11 bits per heavy atom. The van der Waals surface area contributed by atoms with E-state index in [1.54, 1.807) is 12.4 Å². The Morgan fingerprint density at radius 3 is 2.86 bits per heavy atom. The lowest BCUT2D eigenvalue weighted by atomic mass is 9.94. The minimum Gasteiger partial charge on any atom is -0.378 e. The quantitative estimate of drug-likeness (QED) is 0.784. The van der Waals surface area contributed by atoms with Gasteiger partial charge in [0.15, 0.2) is 0 Å². The molecule has 1 unspecified atom stereocenters. The number of rotatable bonds is 5. The smallest absolute Gasteiger partial charge is 0.269 e. The molecule has 1 saturated heterocycles. The molecular weight excluding hydrogens is 360 g/mol. The van der Waals surface area contributed by atoms with Crippen molar-refractivity contribution in [2.45, 2.75) is 32.7 Å². The maximum atomic E-state index is 12.9. The van der Waals surface area contributed by atoms with Crippen molar-refractivity contribution < 1.29 is 14.3 Å². The maximum absolute atomic E-state index is 12.9. The molecule has 0 aliphatic carbocycles. The molecule has 9 nitrogen and oxygen atoms in total. The lowest BCUT2D eigenvalue weighted by Crippen LogP contribution is -2.41. The van der Waals surface area contributed by atoms with Crippen LogP contribution in [0.1, 0.15) is 45.7 Å². The summed E-state index contributed by atoms with van der Waals surface area (Å²) in [5.74, 6) is 0.964. The number of aromatic amines is 1. The third-order valence-electron chi connectivity index (χ3n) is 5.47. The lowest BCUT2D eigenvalue weighted by molar-refractivity contribution is 0.0301. The van der Waals surface area contributed by atoms with Crippen LogP contribution in [0.3, 0.4) is 0 Å². The topological polar surface area (TPSA) is 105 Å². The van der Waals surface area contributed by atoms with Crippen LogP contribution in [0.25, 0.3) is 0 Å². The number of amides is 2. The van der Waals surface area contributed by atoms with E-state index in [0.29, 0.717) is 44.1 Å². The summed E-state index contributed by atoms with van der Waals surface area (Å²) in [5.41, 5.74) is 2.14. The molecule has 1 fully saturated rings. The van der Waals surface area contributed by atoms with E-state index in [0.717, 1.165) is 37.3 Å². The molecule has 28 heavy (non-hydrogen) atoms. The van der Waals surface area contributed by atoms with Gasteiger partial charge in [-0.05, 0) is 18.8 Å². The Kier molecular flexibility index (Phi) is 5.43. The van der Waals surface area contributed by atoms with Crippen LogP contribution >= 0.6 is 0 Å². The molecule has 0 bridgehead atoms. The first-order valence-electron chi connectivity index (χ1n) is 9.89. The van der Waals surface area contributed by atoms with Gasteiger partial charge in [-0.2, -0.15) is 5.10 Å². The number of H-pyrrole nitrogens is 1. The predicted octanol–water partition coefficient (Wildman–Crippen LogP) is 0.633. The van der Waals surface area contributed by atoms with Gasteiger partial charge in [0.2, 0.25) is 0 Å². The van der Waals surface area contributed by atoms with Crippen LogP contribution in [-0.4, -0.2) is 69.3 Å². The number of morpholine rings is 1. The van der Waals surface area contributed by atoms with Gasteiger partial charge < -0.3 is 19.9 Å². The second-order valence-electron chi connectivity index (χ2n) is 7.30. The van der Waals surface area contributed by atoms with Crippen molar-refractivity contribution in [2.24, 2.45) is 5.92 Å². The number of hydrogen-bond donors (Lipinski definition) is 2. The highest BCUT2D eigenvalue weighted by atomic mass is 16.5. The van der Waals surface area contributed by atoms with E-state index in [9.17, 15) is 9.59 Å². The Bertz CT molecular complexity index is 852. The molecule has 1 atom stereocenters. The molecule has 2 aliphatic heterocycles. The van der Waals surface area contributed by atoms with E-state index >= 15 is 0 Å². The SMILES string of the molecule is CCc1ncc(C(=O)NCC2CCn3ncc(C(=O)N4CCOCC4)c3C2)[nH]1. The third-order valence-corrected chi connectivity index (χ3v) is 5.47. The number of carbonyl (C=O) groups is 2. The van der Waals surface area contributed by atoms with Gasteiger partial charge in [0.05, 0.1) is 36.9 Å². The van der Waals surface area contributed by atoms with Crippen molar-refractivity contribution in [1.82, 2.24) is 30.0 Å². The van der Waals surface area contributed by atoms with Crippen LogP contribution in [-0.2, 0) is 24.1 Å². The van der Waals surface area contributed by atoms with Crippen LogP contribution in [0.2, 0.25) is 0 Å². The number of aromatic nitrogens is 4. The molecule has 0 radical (unpaired) electrons. The highest BCUT2D eigenvalue weighted by Crippen LogP contribution is 2.24. The highest BCUT2D eigenvalue weighted by molar-refractivity contribution is 5.95. The second kappa shape index (κ2) is 8.14. The summed E-state index contributed by atoms with van der Waals surface area (Å²) < 4.78 is 7.26. The number of nitrogens with one attached hydrogen (secondary N) is 2. The second-order valence-corrected chi connectivity index (χ2v) is 7.30. The minimum absolute atomic E-state index is 0.0267. The fraction of sp³-hybridized carbons (Fsp3) is 0.579. The lowest BCUT2D eigenvalue weighted by Gasteiger charge is -2.28. The molecule has 0 saturated carbocycles. The number of imidazole rings is 1. The summed E-state index contributed by atoms with van der Waals surface area (Å²) in [6.45, 7) is 5.71. The first kappa shape index (κ1) is 18.7. The monoisotopic (exact) mass is 386 g/mol. The van der Waals surface area contributed by atoms with Crippen molar-refractivity contribution in [2.75, 3.05) is 32.8 Å². The fourth-order valence-corrected chi connectivity index (χ4v) is 3.78. The largest absolute Gasteiger partial charge is 0.378 e. The van der Waals surface area contributed by atoms with Gasteiger partial charge in [0.1, 0.15) is 11.5 Å². The average molecular weight is 386 g/mol. The molecule has 0 aromatic carbocycles. The molecule has 2 amide bonds. The number of hydrogen-bond acceptors (Lipinski definition) is 5. The number of ether oxygens (including phenoxy) is 1. The van der Waals surface area contributed by atoms with Crippen molar-refractivity contribution in [3.63, 3.8) is 0 Å². The van der Waals surface area contributed by atoms with Gasteiger partial charge in [-0.25, -0.2) is 4.98 Å². The third kappa shape index (κ3) is 3.80. The van der Waals surface area contributed by atoms with E-state index in [1.807, 2.05) is 16.5 Å². The number of fused-ring (bicyclic) bond motifs is 1. The van der Waals surface area contributed by atoms with E-state index in [-0.39, 0.29) is 17.7 Å². The summed E-state index contributed by atoms with van der Waals surface area (Å²) >= 11 is 0. The molecule has 2 aromatic rings. The molecular formula is C19H26N6O3. The summed E-state index contributed by atoms with van der Waals surface area (Å²) in [6.07, 6.45) is 5.67. The van der Waals surface area contributed by atoms with Gasteiger partial charge in [0, 0.05) is 32.6 Å². The molecule has 9 heteroatoms. The van der Waals surface area contributed by atoms with Crippen molar-refractivity contribution >= 4 is 11.8 Å². The van der Waals surface area contributed by atoms with Crippen LogP contribution < -0.4 is 5.32 Å². The Labute approximate surface area is 163 Å². The summed E-state index contributed by atoms with van der Waals surface area (Å²) in [6, 6.07) is 0. The zero-order valence-electron chi connectivity index (χ0n) is 16.1. The summed E-state index contributed by atoms with van der Waals surface area (Å²) in [4.78, 5) is 34.2. The number of aryl methyl sites for hydroxylation is 2. The van der Waals surface area contributed by atoms with Gasteiger partial charge in [0.25, 0.3) is 11.8 Å². The van der Waals surface area contributed by atoms with Crippen molar-refractivity contribution in [1.29, 1.82) is 0 Å². The zero-order chi connectivity index (χ0) is 19.5. The summed E-state index contributed by atoms with van der Waals surface area (Å²) in [5, 5.41) is 7.39. The number of carbonyl (C=O) groups excluding carboxylic acids is 2. The van der Waals surface area contributed by atoms with Crippen molar-refractivity contribution in [3.05, 3.63) is 35.2 Å². The molecule has 2 aliphatic rings. The van der Waals surface area contributed by atoms with E-state index in [4.69, 9.17) is 4.74 Å². The molecule has 0 spiro atoms. The predicted molar refractivity (Wildman–Crippen MR) is 101 cm³/mol. The van der Waals surface area contributed by atoms with E-state index in [1.165, 1.54) is 0 Å². The van der Waals surface area contributed by atoms with Crippen LogP contribution in [0, 0.1) is 5.92 Å². The van der Waals surface area contributed by atoms with Crippen LogP contribution in [0.4, 0.5) is 0 Å². The standard InChI is InChI=1S/C19H26N6O3/c1-2-17-20-12-15(23-17)18(26)21-10-13-3-4-25-16(9-13)14(11-22-25)19(27)24-5-7-28-8-6-24/h11-13H,2-10H2,1H3,(H,20,23)(H,21,26). The van der Waals surface area contributed by atoms with Crippen LogP contribution in [0.5, 0.6) is 0 Å². The van der Waals surface area contributed by atoms with Gasteiger partial charge in [-0.15, -0.1) is 0 Å². The van der Waals surface area contributed by atoms with Gasteiger partial charge in [-0.3, -0.25) is 14.3 Å². The molecule has 2 aromatic heterocycles. The Morgan fingerprint density at radius 1 is 1.29 bits per heavy atom. The van der Waals surface area contributed by atoms with Crippen molar-refractivity contribution in [3.8, 4) is 0 Å². The highest BCUT2D eigenvalue weighted by Gasteiger charge is 2.28. The van der Waals surface area contributed by atoms with Gasteiger partial charge >= 0.3 is 0 Å². The van der Waals surface area contributed by atoms with Gasteiger partial charge in [-0.1, -0.05) is 6.92 Å². The van der Waals surface area contributed by atoms with E-state index < -0.39 is 0 Å². The maximum Gasteiger partial charge on any atom is 0.269 e. The van der Waals surface area contributed by atoms with Crippen LogP contribution in [0.15, 0.2) is 12.4 Å². The molecule has 150 valence electrons. The first-order chi connectivity index (χ1) is 13.7. The molecule has 2 N–H and O–H groups in total. The average Bonchev–Trinajstić information content (AvgIpc) is 3.39. The molecule has 4 heterocycles.